The number of anilines is 1. The standard InChI is InChI=1S/C22H17NO5/c1-13(24)27-15-9-7-14(8-10-15)22(25)23-18-12-20-17(11-21(18)26-2)16-5-3-4-6-19(16)28-20/h3-12H,1-2H3,(H,23,25). The molecule has 1 amide bonds. The molecule has 0 aliphatic heterocycles. The number of hydrogen-bond acceptors (Lipinski definition) is 5. The van der Waals surface area contributed by atoms with Gasteiger partial charge in [0.1, 0.15) is 22.7 Å². The van der Waals surface area contributed by atoms with E-state index in [1.54, 1.807) is 37.4 Å². The predicted molar refractivity (Wildman–Crippen MR) is 106 cm³/mol. The minimum absolute atomic E-state index is 0.317. The lowest BCUT2D eigenvalue weighted by Gasteiger charge is -2.11. The van der Waals surface area contributed by atoms with E-state index in [1.807, 2.05) is 30.3 Å². The van der Waals surface area contributed by atoms with Crippen LogP contribution in [0, 0.1) is 0 Å². The molecule has 0 atom stereocenters. The number of amides is 1. The first-order valence-corrected chi connectivity index (χ1v) is 8.64. The molecule has 28 heavy (non-hydrogen) atoms. The number of carbonyl (C=O) groups excluding carboxylic acids is 2. The highest BCUT2D eigenvalue weighted by molar-refractivity contribution is 6.10. The number of ether oxygens (including phenoxy) is 2. The van der Waals surface area contributed by atoms with Crippen molar-refractivity contribution in [2.75, 3.05) is 12.4 Å². The third kappa shape index (κ3) is 3.27. The van der Waals surface area contributed by atoms with Gasteiger partial charge in [-0.05, 0) is 36.4 Å². The number of methoxy groups -OCH3 is 1. The summed E-state index contributed by atoms with van der Waals surface area (Å²) in [6.07, 6.45) is 0. The molecular formula is C22H17NO5. The van der Waals surface area contributed by atoms with Crippen LogP contribution in [-0.2, 0) is 4.79 Å². The van der Waals surface area contributed by atoms with Gasteiger partial charge in [-0.3, -0.25) is 9.59 Å². The highest BCUT2D eigenvalue weighted by Gasteiger charge is 2.15. The zero-order chi connectivity index (χ0) is 19.7. The van der Waals surface area contributed by atoms with Crippen LogP contribution < -0.4 is 14.8 Å². The summed E-state index contributed by atoms with van der Waals surface area (Å²) in [5.41, 5.74) is 2.34. The van der Waals surface area contributed by atoms with E-state index in [2.05, 4.69) is 5.32 Å². The second kappa shape index (κ2) is 7.08. The summed E-state index contributed by atoms with van der Waals surface area (Å²) in [4.78, 5) is 23.6. The Balaban J connectivity index is 1.65. The molecule has 4 rings (SSSR count). The molecule has 0 spiro atoms. The van der Waals surface area contributed by atoms with Gasteiger partial charge < -0.3 is 19.2 Å². The molecule has 1 N–H and O–H groups in total. The smallest absolute Gasteiger partial charge is 0.308 e. The minimum atomic E-state index is -0.416. The molecule has 1 aromatic heterocycles. The van der Waals surface area contributed by atoms with Crippen LogP contribution in [0.25, 0.3) is 21.9 Å². The van der Waals surface area contributed by atoms with Gasteiger partial charge in [0.2, 0.25) is 0 Å². The third-order valence-electron chi connectivity index (χ3n) is 4.33. The molecule has 6 heteroatoms. The fourth-order valence-corrected chi connectivity index (χ4v) is 3.05. The van der Waals surface area contributed by atoms with Crippen LogP contribution in [0.1, 0.15) is 17.3 Å². The van der Waals surface area contributed by atoms with Crippen LogP contribution in [0.5, 0.6) is 11.5 Å². The Morgan fingerprint density at radius 1 is 0.929 bits per heavy atom. The van der Waals surface area contributed by atoms with Gasteiger partial charge in [0.05, 0.1) is 12.8 Å². The Labute approximate surface area is 160 Å². The van der Waals surface area contributed by atoms with Crippen molar-refractivity contribution in [1.29, 1.82) is 0 Å². The zero-order valence-electron chi connectivity index (χ0n) is 15.3. The van der Waals surface area contributed by atoms with Crippen molar-refractivity contribution in [2.24, 2.45) is 0 Å². The molecule has 0 bridgehead atoms. The van der Waals surface area contributed by atoms with E-state index in [1.165, 1.54) is 6.92 Å². The summed E-state index contributed by atoms with van der Waals surface area (Å²) in [6, 6.07) is 17.6. The molecular weight excluding hydrogens is 358 g/mol. The Morgan fingerprint density at radius 3 is 2.39 bits per heavy atom. The summed E-state index contributed by atoms with van der Waals surface area (Å²) < 4.78 is 16.3. The summed E-state index contributed by atoms with van der Waals surface area (Å²) in [5, 5.41) is 4.74. The third-order valence-corrected chi connectivity index (χ3v) is 4.33. The predicted octanol–water partition coefficient (Wildman–Crippen LogP) is 4.77. The maximum atomic E-state index is 12.6. The van der Waals surface area contributed by atoms with Crippen LogP contribution in [0.15, 0.2) is 65.1 Å². The SMILES string of the molecule is COc1cc2c(cc1NC(=O)c1ccc(OC(C)=O)cc1)oc1ccccc12. The Bertz CT molecular complexity index is 1190. The van der Waals surface area contributed by atoms with E-state index in [9.17, 15) is 9.59 Å². The molecule has 0 aliphatic carbocycles. The lowest BCUT2D eigenvalue weighted by molar-refractivity contribution is -0.131. The minimum Gasteiger partial charge on any atom is -0.495 e. The lowest BCUT2D eigenvalue weighted by Crippen LogP contribution is -2.12. The molecule has 0 aliphatic rings. The number of benzene rings is 3. The summed E-state index contributed by atoms with van der Waals surface area (Å²) >= 11 is 0. The first-order valence-electron chi connectivity index (χ1n) is 8.64. The number of rotatable bonds is 4. The number of esters is 1. The van der Waals surface area contributed by atoms with E-state index in [4.69, 9.17) is 13.9 Å². The summed E-state index contributed by atoms with van der Waals surface area (Å²) in [6.45, 7) is 1.32. The fourth-order valence-electron chi connectivity index (χ4n) is 3.05. The van der Waals surface area contributed by atoms with Gasteiger partial charge in [0.15, 0.2) is 0 Å². The normalized spacial score (nSPS) is 10.8. The van der Waals surface area contributed by atoms with Crippen LogP contribution in [0.3, 0.4) is 0 Å². The fraction of sp³-hybridized carbons (Fsp3) is 0.0909. The van der Waals surface area contributed by atoms with Gasteiger partial charge >= 0.3 is 5.97 Å². The van der Waals surface area contributed by atoms with Gasteiger partial charge in [-0.1, -0.05) is 18.2 Å². The zero-order valence-corrected chi connectivity index (χ0v) is 15.3. The monoisotopic (exact) mass is 375 g/mol. The lowest BCUT2D eigenvalue weighted by atomic mass is 10.1. The van der Waals surface area contributed by atoms with Crippen molar-refractivity contribution in [3.63, 3.8) is 0 Å². The average molecular weight is 375 g/mol. The molecule has 0 fully saturated rings. The van der Waals surface area contributed by atoms with Gasteiger partial charge in [-0.25, -0.2) is 0 Å². The van der Waals surface area contributed by atoms with Crippen molar-refractivity contribution >= 4 is 39.5 Å². The van der Waals surface area contributed by atoms with Gasteiger partial charge in [-0.15, -0.1) is 0 Å². The number of furan rings is 1. The second-order valence-corrected chi connectivity index (χ2v) is 6.22. The number of hydrogen-bond donors (Lipinski definition) is 1. The molecule has 4 aromatic rings. The number of fused-ring (bicyclic) bond motifs is 3. The quantitative estimate of drug-likeness (QED) is 0.411. The summed E-state index contributed by atoms with van der Waals surface area (Å²) in [7, 11) is 1.55. The van der Waals surface area contributed by atoms with Crippen LogP contribution in [0.2, 0.25) is 0 Å². The molecule has 0 radical (unpaired) electrons. The highest BCUT2D eigenvalue weighted by Crippen LogP contribution is 2.36. The first kappa shape index (κ1) is 17.6. The number of carbonyl (C=O) groups is 2. The molecule has 0 unspecified atom stereocenters. The van der Waals surface area contributed by atoms with Crippen LogP contribution in [0.4, 0.5) is 5.69 Å². The topological polar surface area (TPSA) is 77.8 Å². The Hall–Kier alpha value is -3.80. The van der Waals surface area contributed by atoms with Crippen molar-refractivity contribution in [2.45, 2.75) is 6.92 Å². The number of nitrogens with one attached hydrogen (secondary N) is 1. The average Bonchev–Trinajstić information content (AvgIpc) is 3.04. The van der Waals surface area contributed by atoms with Crippen molar-refractivity contribution < 1.29 is 23.5 Å². The number of para-hydroxylation sites is 1. The largest absolute Gasteiger partial charge is 0.495 e. The Morgan fingerprint density at radius 2 is 1.68 bits per heavy atom. The van der Waals surface area contributed by atoms with E-state index >= 15 is 0 Å². The van der Waals surface area contributed by atoms with Gasteiger partial charge in [0.25, 0.3) is 5.91 Å². The maximum absolute atomic E-state index is 12.6. The molecule has 0 saturated carbocycles. The highest BCUT2D eigenvalue weighted by atomic mass is 16.5. The van der Waals surface area contributed by atoms with Gasteiger partial charge in [-0.2, -0.15) is 0 Å². The van der Waals surface area contributed by atoms with Crippen LogP contribution in [-0.4, -0.2) is 19.0 Å². The van der Waals surface area contributed by atoms with E-state index in [0.717, 1.165) is 16.4 Å². The van der Waals surface area contributed by atoms with Crippen molar-refractivity contribution in [1.82, 2.24) is 0 Å². The first-order chi connectivity index (χ1) is 13.5. The molecule has 1 heterocycles. The molecule has 0 saturated heterocycles. The van der Waals surface area contributed by atoms with E-state index in [0.29, 0.717) is 28.3 Å². The van der Waals surface area contributed by atoms with Crippen molar-refractivity contribution in [3.8, 4) is 11.5 Å². The van der Waals surface area contributed by atoms with Crippen molar-refractivity contribution in [3.05, 3.63) is 66.2 Å². The van der Waals surface area contributed by atoms with Gasteiger partial charge in [0, 0.05) is 29.3 Å². The summed E-state index contributed by atoms with van der Waals surface area (Å²) in [5.74, 6) is 0.179. The molecule has 3 aromatic carbocycles. The Kier molecular flexibility index (Phi) is 4.45. The maximum Gasteiger partial charge on any atom is 0.308 e. The van der Waals surface area contributed by atoms with E-state index < -0.39 is 5.97 Å². The van der Waals surface area contributed by atoms with E-state index in [-0.39, 0.29) is 5.91 Å². The van der Waals surface area contributed by atoms with Crippen LogP contribution >= 0.6 is 0 Å². The molecule has 6 nitrogen and oxygen atoms in total. The molecule has 140 valence electrons. The second-order valence-electron chi connectivity index (χ2n) is 6.22.